The zero-order valence-electron chi connectivity index (χ0n) is 10.8. The molecule has 0 spiro atoms. The molecule has 1 fully saturated rings. The van der Waals surface area contributed by atoms with Crippen molar-refractivity contribution in [1.29, 1.82) is 0 Å². The van der Waals surface area contributed by atoms with Crippen LogP contribution in [0.15, 0.2) is 12.4 Å². The lowest BCUT2D eigenvalue weighted by atomic mass is 9.91. The molecule has 0 aliphatic heterocycles. The number of nitrogens with one attached hydrogen (secondary N) is 2. The van der Waals surface area contributed by atoms with E-state index in [4.69, 9.17) is 0 Å². The lowest BCUT2D eigenvalue weighted by Crippen LogP contribution is -2.25. The molecule has 1 aromatic rings. The van der Waals surface area contributed by atoms with Gasteiger partial charge in [-0.3, -0.25) is 0 Å². The van der Waals surface area contributed by atoms with Gasteiger partial charge in [-0.05, 0) is 25.3 Å². The van der Waals surface area contributed by atoms with Crippen molar-refractivity contribution in [1.82, 2.24) is 15.3 Å². The van der Waals surface area contributed by atoms with E-state index in [0.29, 0.717) is 0 Å². The minimum Gasteiger partial charge on any atom is -0.349 e. The average Bonchev–Trinajstić information content (AvgIpc) is 2.79. The van der Waals surface area contributed by atoms with E-state index < -0.39 is 0 Å². The van der Waals surface area contributed by atoms with Crippen molar-refractivity contribution in [2.75, 3.05) is 13.1 Å². The summed E-state index contributed by atoms with van der Waals surface area (Å²) in [7, 11) is 0. The molecule has 0 atom stereocenters. The quantitative estimate of drug-likeness (QED) is 0.770. The smallest absolute Gasteiger partial charge is 0.107 e. The molecular weight excluding hydrogens is 210 g/mol. The van der Waals surface area contributed by atoms with Crippen molar-refractivity contribution in [2.24, 2.45) is 5.92 Å². The van der Waals surface area contributed by atoms with Crippen LogP contribution in [0.3, 0.4) is 0 Å². The topological polar surface area (TPSA) is 40.7 Å². The fourth-order valence-corrected chi connectivity index (χ4v) is 2.69. The molecule has 17 heavy (non-hydrogen) atoms. The standard InChI is InChI=1S/C14H25N3/c1-2-4-6-13(7-5-3-1)12-15-9-8-14-16-10-11-17-14/h10-11,13,15H,1-9,12H2,(H,16,17). The van der Waals surface area contributed by atoms with Gasteiger partial charge in [-0.25, -0.2) is 4.98 Å². The van der Waals surface area contributed by atoms with Crippen LogP contribution in [0.5, 0.6) is 0 Å². The number of aromatic amines is 1. The van der Waals surface area contributed by atoms with E-state index in [1.54, 1.807) is 0 Å². The van der Waals surface area contributed by atoms with Crippen LogP contribution in [-0.2, 0) is 6.42 Å². The summed E-state index contributed by atoms with van der Waals surface area (Å²) < 4.78 is 0. The molecular formula is C14H25N3. The predicted octanol–water partition coefficient (Wildman–Crippen LogP) is 2.90. The van der Waals surface area contributed by atoms with Gasteiger partial charge in [-0.1, -0.05) is 32.1 Å². The summed E-state index contributed by atoms with van der Waals surface area (Å²) >= 11 is 0. The molecule has 1 heterocycles. The molecule has 96 valence electrons. The van der Waals surface area contributed by atoms with Crippen LogP contribution in [0.25, 0.3) is 0 Å². The van der Waals surface area contributed by atoms with Crippen molar-refractivity contribution in [3.05, 3.63) is 18.2 Å². The lowest BCUT2D eigenvalue weighted by molar-refractivity contribution is 0.362. The fourth-order valence-electron chi connectivity index (χ4n) is 2.69. The van der Waals surface area contributed by atoms with Crippen LogP contribution in [0, 0.1) is 5.92 Å². The van der Waals surface area contributed by atoms with Gasteiger partial charge in [-0.2, -0.15) is 0 Å². The molecule has 1 aromatic heterocycles. The van der Waals surface area contributed by atoms with Crippen LogP contribution in [0.2, 0.25) is 0 Å². The van der Waals surface area contributed by atoms with Gasteiger partial charge in [0.25, 0.3) is 0 Å². The molecule has 3 nitrogen and oxygen atoms in total. The summed E-state index contributed by atoms with van der Waals surface area (Å²) in [6, 6.07) is 0. The highest BCUT2D eigenvalue weighted by Gasteiger charge is 2.10. The average molecular weight is 235 g/mol. The van der Waals surface area contributed by atoms with Crippen molar-refractivity contribution in [3.8, 4) is 0 Å². The number of H-pyrrole nitrogens is 1. The van der Waals surface area contributed by atoms with Gasteiger partial charge in [-0.15, -0.1) is 0 Å². The van der Waals surface area contributed by atoms with Crippen molar-refractivity contribution in [3.63, 3.8) is 0 Å². The molecule has 2 rings (SSSR count). The summed E-state index contributed by atoms with van der Waals surface area (Å²) in [5, 5.41) is 3.58. The van der Waals surface area contributed by atoms with E-state index in [0.717, 1.165) is 24.7 Å². The van der Waals surface area contributed by atoms with Gasteiger partial charge in [0.15, 0.2) is 0 Å². The minimum atomic E-state index is 0.909. The van der Waals surface area contributed by atoms with E-state index in [9.17, 15) is 0 Å². The first-order valence-electron chi connectivity index (χ1n) is 7.14. The zero-order chi connectivity index (χ0) is 11.8. The predicted molar refractivity (Wildman–Crippen MR) is 71.0 cm³/mol. The number of imidazole rings is 1. The highest BCUT2D eigenvalue weighted by atomic mass is 14.9. The Morgan fingerprint density at radius 3 is 2.65 bits per heavy atom. The number of aromatic nitrogens is 2. The van der Waals surface area contributed by atoms with Crippen molar-refractivity contribution < 1.29 is 0 Å². The van der Waals surface area contributed by atoms with E-state index in [2.05, 4.69) is 15.3 Å². The third-order valence-corrected chi connectivity index (χ3v) is 3.75. The normalized spacial score (nSPS) is 18.8. The number of rotatable bonds is 5. The Balaban J connectivity index is 1.57. The second-order valence-corrected chi connectivity index (χ2v) is 5.20. The van der Waals surface area contributed by atoms with E-state index in [1.807, 2.05) is 12.4 Å². The highest BCUT2D eigenvalue weighted by molar-refractivity contribution is 4.87. The molecule has 1 aliphatic carbocycles. The van der Waals surface area contributed by atoms with Gasteiger partial charge < -0.3 is 10.3 Å². The summed E-state index contributed by atoms with van der Waals surface area (Å²) in [6.45, 7) is 2.24. The van der Waals surface area contributed by atoms with Crippen LogP contribution in [-0.4, -0.2) is 23.1 Å². The largest absolute Gasteiger partial charge is 0.349 e. The van der Waals surface area contributed by atoms with Crippen LogP contribution >= 0.6 is 0 Å². The molecule has 2 N–H and O–H groups in total. The third kappa shape index (κ3) is 4.90. The van der Waals surface area contributed by atoms with Gasteiger partial charge in [0.1, 0.15) is 5.82 Å². The van der Waals surface area contributed by atoms with Gasteiger partial charge in [0.2, 0.25) is 0 Å². The molecule has 1 saturated carbocycles. The van der Waals surface area contributed by atoms with Gasteiger partial charge in [0, 0.05) is 25.4 Å². The molecule has 0 unspecified atom stereocenters. The zero-order valence-corrected chi connectivity index (χ0v) is 10.8. The molecule has 0 bridgehead atoms. The van der Waals surface area contributed by atoms with E-state index in [1.165, 1.54) is 51.5 Å². The molecule has 0 radical (unpaired) electrons. The summed E-state index contributed by atoms with van der Waals surface area (Å²) in [4.78, 5) is 7.38. The first kappa shape index (κ1) is 12.6. The van der Waals surface area contributed by atoms with Gasteiger partial charge in [0.05, 0.1) is 0 Å². The first-order chi connectivity index (χ1) is 8.45. The Morgan fingerprint density at radius 1 is 1.18 bits per heavy atom. The Hall–Kier alpha value is -0.830. The molecule has 0 saturated heterocycles. The SMILES string of the molecule is c1c[nH]c(CCNCC2CCCCCCC2)n1. The van der Waals surface area contributed by atoms with Crippen molar-refractivity contribution in [2.45, 2.75) is 51.4 Å². The van der Waals surface area contributed by atoms with Crippen LogP contribution in [0.1, 0.15) is 50.8 Å². The number of hydrogen-bond donors (Lipinski definition) is 2. The third-order valence-electron chi connectivity index (χ3n) is 3.75. The summed E-state index contributed by atoms with van der Waals surface area (Å²) in [6.07, 6.45) is 14.8. The summed E-state index contributed by atoms with van der Waals surface area (Å²) in [5.41, 5.74) is 0. The Morgan fingerprint density at radius 2 is 1.94 bits per heavy atom. The Labute approximate surface area is 104 Å². The lowest BCUT2D eigenvalue weighted by Gasteiger charge is -2.19. The number of nitrogens with zero attached hydrogens (tertiary/aromatic N) is 1. The highest BCUT2D eigenvalue weighted by Crippen LogP contribution is 2.21. The van der Waals surface area contributed by atoms with Gasteiger partial charge >= 0.3 is 0 Å². The summed E-state index contributed by atoms with van der Waals surface area (Å²) in [5.74, 6) is 2.00. The Bertz CT molecular complexity index is 274. The second kappa shape index (κ2) is 7.49. The molecule has 0 aromatic carbocycles. The maximum atomic E-state index is 4.23. The van der Waals surface area contributed by atoms with E-state index in [-0.39, 0.29) is 0 Å². The molecule has 3 heteroatoms. The fraction of sp³-hybridized carbons (Fsp3) is 0.786. The maximum Gasteiger partial charge on any atom is 0.107 e. The van der Waals surface area contributed by atoms with Crippen LogP contribution in [0.4, 0.5) is 0 Å². The van der Waals surface area contributed by atoms with Crippen molar-refractivity contribution >= 4 is 0 Å². The Kier molecular flexibility index (Phi) is 5.56. The molecule has 1 aliphatic rings. The second-order valence-electron chi connectivity index (χ2n) is 5.20. The van der Waals surface area contributed by atoms with Crippen LogP contribution < -0.4 is 5.32 Å². The first-order valence-corrected chi connectivity index (χ1v) is 7.14. The minimum absolute atomic E-state index is 0.909. The molecule has 0 amide bonds. The van der Waals surface area contributed by atoms with E-state index >= 15 is 0 Å². The maximum absolute atomic E-state index is 4.23. The monoisotopic (exact) mass is 235 g/mol. The number of hydrogen-bond acceptors (Lipinski definition) is 2.